The molecule has 1 fully saturated rings. The molecule has 0 aliphatic carbocycles. The molecule has 0 unspecified atom stereocenters. The summed E-state index contributed by atoms with van der Waals surface area (Å²) in [6.07, 6.45) is 8.43. The van der Waals surface area contributed by atoms with E-state index in [4.69, 9.17) is 11.5 Å². The first kappa shape index (κ1) is 21.3. The molecule has 1 aliphatic rings. The molecule has 8 heteroatoms. The molecule has 1 saturated heterocycles. The maximum Gasteiger partial charge on any atom is 0.274 e. The lowest BCUT2D eigenvalue weighted by molar-refractivity contribution is 0.102. The minimum absolute atomic E-state index is 0.294. The summed E-state index contributed by atoms with van der Waals surface area (Å²) < 4.78 is 0. The Balaban J connectivity index is 1.65. The third kappa shape index (κ3) is 4.69. The summed E-state index contributed by atoms with van der Waals surface area (Å²) in [5, 5.41) is 3.04. The quantitative estimate of drug-likeness (QED) is 0.421. The average Bonchev–Trinajstić information content (AvgIpc) is 2.82. The molecule has 4 rings (SSSR count). The number of anilines is 4. The Morgan fingerprint density at radius 2 is 1.88 bits per heavy atom. The fourth-order valence-electron chi connectivity index (χ4n) is 3.87. The number of nitrogen functional groups attached to an aromatic ring is 2. The number of nitrogens with one attached hydrogen (secondary N) is 1. The van der Waals surface area contributed by atoms with Gasteiger partial charge in [0.15, 0.2) is 0 Å². The van der Waals surface area contributed by atoms with E-state index in [0.29, 0.717) is 22.9 Å². The second-order valence-electron chi connectivity index (χ2n) is 7.79. The van der Waals surface area contributed by atoms with Crippen molar-refractivity contribution >= 4 is 35.0 Å². The van der Waals surface area contributed by atoms with Gasteiger partial charge >= 0.3 is 0 Å². The van der Waals surface area contributed by atoms with Gasteiger partial charge in [-0.15, -0.1) is 0 Å². The van der Waals surface area contributed by atoms with E-state index in [-0.39, 0.29) is 5.91 Å². The molecular formula is C24H27N7O. The molecule has 3 heterocycles. The Kier molecular flexibility index (Phi) is 6.30. The predicted molar refractivity (Wildman–Crippen MR) is 130 cm³/mol. The van der Waals surface area contributed by atoms with E-state index >= 15 is 0 Å². The van der Waals surface area contributed by atoms with E-state index in [9.17, 15) is 4.79 Å². The zero-order valence-electron chi connectivity index (χ0n) is 18.1. The Morgan fingerprint density at radius 3 is 2.59 bits per heavy atom. The van der Waals surface area contributed by atoms with Crippen molar-refractivity contribution in [2.24, 2.45) is 4.99 Å². The number of amides is 1. The van der Waals surface area contributed by atoms with Crippen LogP contribution in [0.1, 0.15) is 35.3 Å². The van der Waals surface area contributed by atoms with Crippen molar-refractivity contribution in [1.29, 1.82) is 0 Å². The number of carbonyl (C=O) groups excluding carboxylic acids is 1. The number of aliphatic imine (C=N–C) groups is 1. The highest BCUT2D eigenvalue weighted by Gasteiger charge is 2.19. The zero-order chi connectivity index (χ0) is 22.5. The van der Waals surface area contributed by atoms with Crippen LogP contribution in [-0.4, -0.2) is 42.2 Å². The van der Waals surface area contributed by atoms with Gasteiger partial charge in [-0.1, -0.05) is 0 Å². The standard InChI is InChI=1S/C24H27N7O/c1-27-14-18-12-20(22(13-19(18)25)31-9-3-2-4-10-31)30-24(32)21-11-16(7-8-28-21)17-5-6-23(26)29-15-17/h5-8,11-15H,2-4,9-10,25H2,1H3,(H2,26,29)(H,30,32). The van der Waals surface area contributed by atoms with Gasteiger partial charge in [0.25, 0.3) is 5.91 Å². The van der Waals surface area contributed by atoms with Crippen molar-refractivity contribution in [2.45, 2.75) is 19.3 Å². The molecule has 0 atom stereocenters. The van der Waals surface area contributed by atoms with Gasteiger partial charge in [-0.2, -0.15) is 0 Å². The van der Waals surface area contributed by atoms with Crippen LogP contribution in [0.25, 0.3) is 11.1 Å². The van der Waals surface area contributed by atoms with Crippen molar-refractivity contribution in [3.8, 4) is 11.1 Å². The first-order chi connectivity index (χ1) is 15.5. The molecule has 32 heavy (non-hydrogen) atoms. The minimum atomic E-state index is -0.294. The van der Waals surface area contributed by atoms with Gasteiger partial charge in [-0.3, -0.25) is 14.8 Å². The molecule has 0 radical (unpaired) electrons. The molecule has 5 N–H and O–H groups in total. The van der Waals surface area contributed by atoms with Crippen molar-refractivity contribution in [2.75, 3.05) is 41.8 Å². The van der Waals surface area contributed by atoms with E-state index in [1.807, 2.05) is 24.3 Å². The fourth-order valence-corrected chi connectivity index (χ4v) is 3.87. The Morgan fingerprint density at radius 1 is 1.06 bits per heavy atom. The van der Waals surface area contributed by atoms with Crippen LogP contribution < -0.4 is 21.7 Å². The summed E-state index contributed by atoms with van der Waals surface area (Å²) in [5.41, 5.74) is 17.0. The normalized spacial score (nSPS) is 14.0. The van der Waals surface area contributed by atoms with Gasteiger partial charge in [-0.05, 0) is 61.2 Å². The molecule has 0 bridgehead atoms. The molecule has 1 amide bonds. The number of rotatable bonds is 5. The number of hydrogen-bond donors (Lipinski definition) is 3. The Bertz CT molecular complexity index is 1140. The van der Waals surface area contributed by atoms with Crippen molar-refractivity contribution in [3.63, 3.8) is 0 Å². The van der Waals surface area contributed by atoms with E-state index in [2.05, 4.69) is 25.2 Å². The highest BCUT2D eigenvalue weighted by atomic mass is 16.1. The lowest BCUT2D eigenvalue weighted by Gasteiger charge is -2.31. The number of benzene rings is 1. The van der Waals surface area contributed by atoms with Gasteiger partial charge in [0.05, 0.1) is 11.4 Å². The van der Waals surface area contributed by atoms with Gasteiger partial charge < -0.3 is 21.7 Å². The topological polar surface area (TPSA) is 123 Å². The molecular weight excluding hydrogens is 402 g/mol. The van der Waals surface area contributed by atoms with Crippen LogP contribution in [0, 0.1) is 0 Å². The lowest BCUT2D eigenvalue weighted by Crippen LogP contribution is -2.30. The number of nitrogens with two attached hydrogens (primary N) is 2. The van der Waals surface area contributed by atoms with E-state index in [1.54, 1.807) is 37.8 Å². The summed E-state index contributed by atoms with van der Waals surface area (Å²) >= 11 is 0. The van der Waals surface area contributed by atoms with Gasteiger partial charge in [0, 0.05) is 55.6 Å². The highest BCUT2D eigenvalue weighted by Crippen LogP contribution is 2.33. The number of hydrogen-bond acceptors (Lipinski definition) is 7. The van der Waals surface area contributed by atoms with Crippen LogP contribution in [0.15, 0.2) is 53.8 Å². The van der Waals surface area contributed by atoms with Crippen molar-refractivity contribution < 1.29 is 4.79 Å². The maximum atomic E-state index is 13.1. The Hall–Kier alpha value is -3.94. The monoisotopic (exact) mass is 429 g/mol. The molecule has 2 aromatic heterocycles. The molecule has 164 valence electrons. The van der Waals surface area contributed by atoms with Crippen LogP contribution in [0.2, 0.25) is 0 Å². The van der Waals surface area contributed by atoms with Gasteiger partial charge in [0.2, 0.25) is 0 Å². The fraction of sp³-hybridized carbons (Fsp3) is 0.250. The highest BCUT2D eigenvalue weighted by molar-refractivity contribution is 6.06. The average molecular weight is 430 g/mol. The van der Waals surface area contributed by atoms with E-state index in [1.165, 1.54) is 6.42 Å². The second-order valence-corrected chi connectivity index (χ2v) is 7.79. The number of aromatic nitrogens is 2. The summed E-state index contributed by atoms with van der Waals surface area (Å²) in [5.74, 6) is 0.151. The smallest absolute Gasteiger partial charge is 0.274 e. The molecule has 0 saturated carbocycles. The first-order valence-corrected chi connectivity index (χ1v) is 10.6. The minimum Gasteiger partial charge on any atom is -0.398 e. The number of pyridine rings is 2. The number of piperidine rings is 1. The van der Waals surface area contributed by atoms with Gasteiger partial charge in [-0.25, -0.2) is 4.98 Å². The van der Waals surface area contributed by atoms with Crippen LogP contribution in [0.5, 0.6) is 0 Å². The largest absolute Gasteiger partial charge is 0.398 e. The third-order valence-corrected chi connectivity index (χ3v) is 5.53. The first-order valence-electron chi connectivity index (χ1n) is 10.6. The number of carbonyl (C=O) groups is 1. The summed E-state index contributed by atoms with van der Waals surface area (Å²) in [6.45, 7) is 1.86. The second kappa shape index (κ2) is 9.47. The zero-order valence-corrected chi connectivity index (χ0v) is 18.1. The Labute approximate surface area is 187 Å². The molecule has 1 aliphatic heterocycles. The van der Waals surface area contributed by atoms with Crippen LogP contribution in [0.3, 0.4) is 0 Å². The van der Waals surface area contributed by atoms with E-state index < -0.39 is 0 Å². The molecule has 1 aromatic carbocycles. The van der Waals surface area contributed by atoms with Crippen LogP contribution in [-0.2, 0) is 0 Å². The van der Waals surface area contributed by atoms with E-state index in [0.717, 1.165) is 48.3 Å². The third-order valence-electron chi connectivity index (χ3n) is 5.53. The molecule has 0 spiro atoms. The predicted octanol–water partition coefficient (Wildman–Crippen LogP) is 3.60. The summed E-state index contributed by atoms with van der Waals surface area (Å²) in [4.78, 5) is 27.9. The maximum absolute atomic E-state index is 13.1. The van der Waals surface area contributed by atoms with Crippen molar-refractivity contribution in [3.05, 3.63) is 60.0 Å². The van der Waals surface area contributed by atoms with Crippen LogP contribution >= 0.6 is 0 Å². The molecule has 8 nitrogen and oxygen atoms in total. The van der Waals surface area contributed by atoms with Gasteiger partial charge in [0.1, 0.15) is 11.5 Å². The molecule has 3 aromatic rings. The number of nitrogens with zero attached hydrogens (tertiary/aromatic N) is 4. The SMILES string of the molecule is CN=Cc1cc(NC(=O)c2cc(-c3ccc(N)nc3)ccn2)c(N2CCCCC2)cc1N. The lowest BCUT2D eigenvalue weighted by atomic mass is 10.1. The van der Waals surface area contributed by atoms with Crippen LogP contribution in [0.4, 0.5) is 22.9 Å². The summed E-state index contributed by atoms with van der Waals surface area (Å²) in [7, 11) is 1.69. The summed E-state index contributed by atoms with van der Waals surface area (Å²) in [6, 6.07) is 11.0. The van der Waals surface area contributed by atoms with Crippen molar-refractivity contribution in [1.82, 2.24) is 9.97 Å².